The van der Waals surface area contributed by atoms with E-state index in [-0.39, 0.29) is 23.3 Å². The quantitative estimate of drug-likeness (QED) is 0.807. The number of amides is 1. The van der Waals surface area contributed by atoms with Crippen molar-refractivity contribution in [2.24, 2.45) is 11.3 Å². The SMILES string of the molecule is CC(C#N)CN(C)C(=O)C1NCCCC1(C)C. The zero-order valence-corrected chi connectivity index (χ0v) is 11.3. The molecule has 2 unspecified atom stereocenters. The molecule has 0 aliphatic carbocycles. The van der Waals surface area contributed by atoms with Crippen molar-refractivity contribution >= 4 is 5.91 Å². The summed E-state index contributed by atoms with van der Waals surface area (Å²) in [4.78, 5) is 14.0. The number of piperidine rings is 1. The normalized spacial score (nSPS) is 24.8. The number of hydrogen-bond donors (Lipinski definition) is 1. The Hall–Kier alpha value is -1.08. The summed E-state index contributed by atoms with van der Waals surface area (Å²) in [6.45, 7) is 7.50. The first-order valence-electron chi connectivity index (χ1n) is 6.26. The van der Waals surface area contributed by atoms with Gasteiger partial charge in [-0.15, -0.1) is 0 Å². The van der Waals surface area contributed by atoms with Crippen LogP contribution in [0, 0.1) is 22.7 Å². The summed E-state index contributed by atoms with van der Waals surface area (Å²) in [6.07, 6.45) is 2.19. The van der Waals surface area contributed by atoms with E-state index in [1.54, 1.807) is 11.9 Å². The number of nitrogens with zero attached hydrogens (tertiary/aromatic N) is 2. The van der Waals surface area contributed by atoms with Crippen LogP contribution in [0.3, 0.4) is 0 Å². The zero-order chi connectivity index (χ0) is 13.1. The molecule has 1 N–H and O–H groups in total. The van der Waals surface area contributed by atoms with E-state index < -0.39 is 0 Å². The van der Waals surface area contributed by atoms with Gasteiger partial charge in [-0.05, 0) is 31.7 Å². The monoisotopic (exact) mass is 237 g/mol. The van der Waals surface area contributed by atoms with E-state index in [2.05, 4.69) is 25.2 Å². The molecule has 1 aliphatic rings. The molecule has 4 nitrogen and oxygen atoms in total. The molecule has 1 heterocycles. The van der Waals surface area contributed by atoms with Crippen LogP contribution >= 0.6 is 0 Å². The highest BCUT2D eigenvalue weighted by atomic mass is 16.2. The minimum Gasteiger partial charge on any atom is -0.343 e. The number of hydrogen-bond acceptors (Lipinski definition) is 3. The Kier molecular flexibility index (Phi) is 4.53. The maximum Gasteiger partial charge on any atom is 0.240 e. The molecule has 0 bridgehead atoms. The number of nitriles is 1. The first kappa shape index (κ1) is 14.0. The van der Waals surface area contributed by atoms with Gasteiger partial charge in [-0.3, -0.25) is 4.79 Å². The predicted octanol–water partition coefficient (Wildman–Crippen LogP) is 1.38. The van der Waals surface area contributed by atoms with Crippen LogP contribution in [-0.4, -0.2) is 37.0 Å². The molecule has 4 heteroatoms. The van der Waals surface area contributed by atoms with Crippen LogP contribution in [0.25, 0.3) is 0 Å². The van der Waals surface area contributed by atoms with Gasteiger partial charge in [0.2, 0.25) is 5.91 Å². The minimum atomic E-state index is -0.118. The van der Waals surface area contributed by atoms with Gasteiger partial charge in [-0.2, -0.15) is 5.26 Å². The first-order chi connectivity index (χ1) is 7.88. The van der Waals surface area contributed by atoms with Crippen LogP contribution in [0.15, 0.2) is 0 Å². The van der Waals surface area contributed by atoms with Gasteiger partial charge in [0.05, 0.1) is 18.0 Å². The second kappa shape index (κ2) is 5.50. The Morgan fingerprint density at radius 1 is 1.65 bits per heavy atom. The molecule has 1 aliphatic heterocycles. The fourth-order valence-electron chi connectivity index (χ4n) is 2.39. The van der Waals surface area contributed by atoms with Crippen LogP contribution in [0.4, 0.5) is 0 Å². The number of rotatable bonds is 3. The van der Waals surface area contributed by atoms with E-state index in [1.165, 1.54) is 0 Å². The van der Waals surface area contributed by atoms with Gasteiger partial charge in [0, 0.05) is 13.6 Å². The number of likely N-dealkylation sites (N-methyl/N-ethyl adjacent to an activating group) is 1. The first-order valence-corrected chi connectivity index (χ1v) is 6.26. The molecule has 0 spiro atoms. The lowest BCUT2D eigenvalue weighted by Gasteiger charge is -2.40. The highest BCUT2D eigenvalue weighted by Gasteiger charge is 2.38. The molecule has 0 saturated carbocycles. The summed E-state index contributed by atoms with van der Waals surface area (Å²) < 4.78 is 0. The van der Waals surface area contributed by atoms with E-state index in [0.29, 0.717) is 6.54 Å². The maximum absolute atomic E-state index is 12.3. The highest BCUT2D eigenvalue weighted by Crippen LogP contribution is 2.30. The zero-order valence-electron chi connectivity index (χ0n) is 11.3. The van der Waals surface area contributed by atoms with E-state index in [9.17, 15) is 4.79 Å². The molecule has 0 aromatic rings. The summed E-state index contributed by atoms with van der Waals surface area (Å²) in [7, 11) is 1.78. The van der Waals surface area contributed by atoms with Crippen molar-refractivity contribution in [3.63, 3.8) is 0 Å². The minimum absolute atomic E-state index is 0.000521. The molecule has 1 saturated heterocycles. The lowest BCUT2D eigenvalue weighted by Crippen LogP contribution is -2.56. The van der Waals surface area contributed by atoms with Gasteiger partial charge in [0.1, 0.15) is 0 Å². The van der Waals surface area contributed by atoms with Crippen molar-refractivity contribution in [1.82, 2.24) is 10.2 Å². The summed E-state index contributed by atoms with van der Waals surface area (Å²) in [5, 5.41) is 12.1. The summed E-state index contributed by atoms with van der Waals surface area (Å²) in [5.74, 6) is -0.00699. The van der Waals surface area contributed by atoms with Gasteiger partial charge in [-0.25, -0.2) is 0 Å². The maximum atomic E-state index is 12.3. The highest BCUT2D eigenvalue weighted by molar-refractivity contribution is 5.82. The van der Waals surface area contributed by atoms with Crippen molar-refractivity contribution in [2.45, 2.75) is 39.7 Å². The van der Waals surface area contributed by atoms with Crippen LogP contribution in [-0.2, 0) is 4.79 Å². The van der Waals surface area contributed by atoms with Gasteiger partial charge in [-0.1, -0.05) is 13.8 Å². The van der Waals surface area contributed by atoms with Crippen LogP contribution in [0.1, 0.15) is 33.6 Å². The second-order valence-electron chi connectivity index (χ2n) is 5.73. The lowest BCUT2D eigenvalue weighted by atomic mass is 9.77. The van der Waals surface area contributed by atoms with Gasteiger partial charge >= 0.3 is 0 Å². The summed E-state index contributed by atoms with van der Waals surface area (Å²) in [5.41, 5.74) is -0.000521. The Morgan fingerprint density at radius 3 is 2.82 bits per heavy atom. The molecule has 1 amide bonds. The topological polar surface area (TPSA) is 56.1 Å². The Morgan fingerprint density at radius 2 is 2.29 bits per heavy atom. The Bertz CT molecular complexity index is 319. The average molecular weight is 237 g/mol. The molecule has 0 aromatic heterocycles. The number of nitrogens with one attached hydrogen (secondary N) is 1. The van der Waals surface area contributed by atoms with Crippen molar-refractivity contribution in [1.29, 1.82) is 5.26 Å². The third-order valence-corrected chi connectivity index (χ3v) is 3.52. The molecule has 0 radical (unpaired) electrons. The van der Waals surface area contributed by atoms with E-state index in [4.69, 9.17) is 5.26 Å². The number of carbonyl (C=O) groups is 1. The third kappa shape index (κ3) is 3.44. The van der Waals surface area contributed by atoms with Gasteiger partial charge < -0.3 is 10.2 Å². The molecular weight excluding hydrogens is 214 g/mol. The summed E-state index contributed by atoms with van der Waals surface area (Å²) >= 11 is 0. The molecule has 96 valence electrons. The van der Waals surface area contributed by atoms with E-state index in [1.807, 2.05) is 6.92 Å². The predicted molar refractivity (Wildman–Crippen MR) is 67.2 cm³/mol. The van der Waals surface area contributed by atoms with Crippen molar-refractivity contribution in [3.8, 4) is 6.07 Å². The fourth-order valence-corrected chi connectivity index (χ4v) is 2.39. The molecule has 17 heavy (non-hydrogen) atoms. The Balaban J connectivity index is 2.65. The van der Waals surface area contributed by atoms with E-state index >= 15 is 0 Å². The van der Waals surface area contributed by atoms with Crippen LogP contribution in [0.5, 0.6) is 0 Å². The smallest absolute Gasteiger partial charge is 0.240 e. The standard InChI is InChI=1S/C13H23N3O/c1-10(8-14)9-16(4)12(17)11-13(2,3)6-5-7-15-11/h10-11,15H,5-7,9H2,1-4H3. The van der Waals surface area contributed by atoms with Crippen molar-refractivity contribution in [2.75, 3.05) is 20.1 Å². The molecule has 1 fully saturated rings. The van der Waals surface area contributed by atoms with Crippen LogP contribution < -0.4 is 5.32 Å². The summed E-state index contributed by atoms with van der Waals surface area (Å²) in [6, 6.07) is 2.04. The van der Waals surface area contributed by atoms with Gasteiger partial charge in [0.25, 0.3) is 0 Å². The van der Waals surface area contributed by atoms with Crippen LogP contribution in [0.2, 0.25) is 0 Å². The van der Waals surface area contributed by atoms with E-state index in [0.717, 1.165) is 19.4 Å². The fraction of sp³-hybridized carbons (Fsp3) is 0.846. The van der Waals surface area contributed by atoms with Crippen molar-refractivity contribution < 1.29 is 4.79 Å². The Labute approximate surface area is 104 Å². The largest absolute Gasteiger partial charge is 0.343 e. The number of carbonyl (C=O) groups excluding carboxylic acids is 1. The molecule has 0 aromatic carbocycles. The average Bonchev–Trinajstić information content (AvgIpc) is 2.27. The molecule has 1 rings (SSSR count). The van der Waals surface area contributed by atoms with Crippen molar-refractivity contribution in [3.05, 3.63) is 0 Å². The third-order valence-electron chi connectivity index (χ3n) is 3.52. The lowest BCUT2D eigenvalue weighted by molar-refractivity contribution is -0.136. The van der Waals surface area contributed by atoms with Gasteiger partial charge in [0.15, 0.2) is 0 Å². The second-order valence-corrected chi connectivity index (χ2v) is 5.73. The molecule has 2 atom stereocenters. The molecular formula is C13H23N3O.